The molecule has 0 saturated carbocycles. The van der Waals surface area contributed by atoms with Crippen LogP contribution in [-0.4, -0.2) is 25.3 Å². The molecule has 180 valence electrons. The highest BCUT2D eigenvalue weighted by Gasteiger charge is 2.13. The minimum atomic E-state index is -3.86. The van der Waals surface area contributed by atoms with Crippen molar-refractivity contribution in [3.63, 3.8) is 0 Å². The zero-order valence-corrected chi connectivity index (χ0v) is 20.2. The molecule has 0 aliphatic rings. The van der Waals surface area contributed by atoms with E-state index in [9.17, 15) is 8.42 Å². The summed E-state index contributed by atoms with van der Waals surface area (Å²) in [6.07, 6.45) is 5.76. The lowest BCUT2D eigenvalue weighted by Crippen LogP contribution is -2.04. The van der Waals surface area contributed by atoms with Crippen LogP contribution in [0.25, 0.3) is 17.2 Å². The fourth-order valence-corrected chi connectivity index (χ4v) is 4.22. The summed E-state index contributed by atoms with van der Waals surface area (Å²) >= 11 is 0. The molecule has 0 radical (unpaired) electrons. The van der Waals surface area contributed by atoms with Gasteiger partial charge in [-0.1, -0.05) is 92.6 Å². The van der Waals surface area contributed by atoms with Crippen LogP contribution in [0.1, 0.15) is 43.2 Å². The number of ether oxygens (including phenoxy) is 2. The van der Waals surface area contributed by atoms with Crippen molar-refractivity contribution in [2.24, 2.45) is 0 Å². The second-order valence-electron chi connectivity index (χ2n) is 8.13. The highest BCUT2D eigenvalue weighted by atomic mass is 32.2. The SMILES string of the molecule is C=Cc1ccc(COc2cccc(OCCCCCCCS(=O)(=O)O)c2-c2ccccc2)cc1. The Bertz CT molecular complexity index is 1140. The van der Waals surface area contributed by atoms with Crippen molar-refractivity contribution in [1.82, 2.24) is 0 Å². The lowest BCUT2D eigenvalue weighted by atomic mass is 10.0. The van der Waals surface area contributed by atoms with E-state index in [1.54, 1.807) is 0 Å². The maximum atomic E-state index is 10.8. The smallest absolute Gasteiger partial charge is 0.264 e. The van der Waals surface area contributed by atoms with E-state index in [4.69, 9.17) is 14.0 Å². The average Bonchev–Trinajstić information content (AvgIpc) is 2.84. The molecular formula is C28H32O5S. The summed E-state index contributed by atoms with van der Waals surface area (Å²) < 4.78 is 42.7. The second kappa shape index (κ2) is 13.0. The average molecular weight is 481 g/mol. The molecule has 0 saturated heterocycles. The van der Waals surface area contributed by atoms with E-state index in [1.807, 2.05) is 78.9 Å². The van der Waals surface area contributed by atoms with E-state index in [2.05, 4.69) is 6.58 Å². The van der Waals surface area contributed by atoms with Gasteiger partial charge in [-0.3, -0.25) is 4.55 Å². The van der Waals surface area contributed by atoms with E-state index in [0.717, 1.165) is 59.4 Å². The van der Waals surface area contributed by atoms with Crippen molar-refractivity contribution >= 4 is 16.2 Å². The van der Waals surface area contributed by atoms with Gasteiger partial charge in [-0.15, -0.1) is 0 Å². The molecule has 1 N–H and O–H groups in total. The van der Waals surface area contributed by atoms with Crippen LogP contribution in [0, 0.1) is 0 Å². The molecule has 0 heterocycles. The lowest BCUT2D eigenvalue weighted by Gasteiger charge is -2.17. The third-order valence-corrected chi connectivity index (χ3v) is 6.27. The zero-order valence-electron chi connectivity index (χ0n) is 19.4. The summed E-state index contributed by atoms with van der Waals surface area (Å²) in [6.45, 7) is 4.80. The molecule has 0 unspecified atom stereocenters. The van der Waals surface area contributed by atoms with Gasteiger partial charge in [0, 0.05) is 0 Å². The van der Waals surface area contributed by atoms with E-state index in [0.29, 0.717) is 19.6 Å². The van der Waals surface area contributed by atoms with Crippen LogP contribution in [-0.2, 0) is 16.7 Å². The summed E-state index contributed by atoms with van der Waals surface area (Å²) in [4.78, 5) is 0. The summed E-state index contributed by atoms with van der Waals surface area (Å²) in [7, 11) is -3.86. The minimum Gasteiger partial charge on any atom is -0.493 e. The molecule has 34 heavy (non-hydrogen) atoms. The first-order valence-corrected chi connectivity index (χ1v) is 13.2. The summed E-state index contributed by atoms with van der Waals surface area (Å²) in [6, 6.07) is 24.0. The molecule has 3 rings (SSSR count). The normalized spacial score (nSPS) is 11.2. The molecule has 3 aromatic carbocycles. The fourth-order valence-electron chi connectivity index (χ4n) is 3.65. The monoisotopic (exact) mass is 480 g/mol. The second-order valence-corrected chi connectivity index (χ2v) is 9.70. The van der Waals surface area contributed by atoms with Crippen LogP contribution >= 0.6 is 0 Å². The highest BCUT2D eigenvalue weighted by molar-refractivity contribution is 7.85. The Balaban J connectivity index is 1.62. The standard InChI is InChI=1S/C28H32O5S/c1-2-23-16-18-24(19-17-23)22-33-27-15-11-14-26(28(27)25-12-7-6-8-13-25)32-20-9-4-3-5-10-21-34(29,30)31/h2,6-8,11-19H,1,3-5,9-10,20-22H2,(H,29,30,31). The molecule has 0 fully saturated rings. The molecule has 0 aromatic heterocycles. The maximum Gasteiger partial charge on any atom is 0.264 e. The van der Waals surface area contributed by atoms with Crippen LogP contribution in [0.15, 0.2) is 79.4 Å². The third kappa shape index (κ3) is 8.36. The van der Waals surface area contributed by atoms with Crippen LogP contribution in [0.3, 0.4) is 0 Å². The van der Waals surface area contributed by atoms with Crippen molar-refractivity contribution < 1.29 is 22.4 Å². The Morgan fingerprint density at radius 1 is 0.765 bits per heavy atom. The quantitative estimate of drug-likeness (QED) is 0.203. The fraction of sp³-hybridized carbons (Fsp3) is 0.286. The number of hydrogen-bond donors (Lipinski definition) is 1. The summed E-state index contributed by atoms with van der Waals surface area (Å²) in [5.74, 6) is 1.37. The zero-order chi connectivity index (χ0) is 24.2. The Kier molecular flexibility index (Phi) is 9.74. The van der Waals surface area contributed by atoms with Crippen LogP contribution in [0.2, 0.25) is 0 Å². The Hall–Kier alpha value is -3.09. The topological polar surface area (TPSA) is 72.8 Å². The van der Waals surface area contributed by atoms with Gasteiger partial charge < -0.3 is 9.47 Å². The van der Waals surface area contributed by atoms with Crippen molar-refractivity contribution in [2.75, 3.05) is 12.4 Å². The summed E-state index contributed by atoms with van der Waals surface area (Å²) in [5.41, 5.74) is 4.10. The van der Waals surface area contributed by atoms with Gasteiger partial charge in [0.15, 0.2) is 0 Å². The molecule has 0 aliphatic heterocycles. The van der Waals surface area contributed by atoms with E-state index < -0.39 is 10.1 Å². The molecule has 0 amide bonds. The highest BCUT2D eigenvalue weighted by Crippen LogP contribution is 2.39. The first-order valence-electron chi connectivity index (χ1n) is 11.6. The third-order valence-electron chi connectivity index (χ3n) is 5.46. The van der Waals surface area contributed by atoms with Crippen molar-refractivity contribution in [1.29, 1.82) is 0 Å². The minimum absolute atomic E-state index is 0.172. The Morgan fingerprint density at radius 2 is 1.41 bits per heavy atom. The van der Waals surface area contributed by atoms with Crippen molar-refractivity contribution in [3.8, 4) is 22.6 Å². The molecule has 0 bridgehead atoms. The van der Waals surface area contributed by atoms with E-state index >= 15 is 0 Å². The van der Waals surface area contributed by atoms with Gasteiger partial charge in [-0.2, -0.15) is 8.42 Å². The largest absolute Gasteiger partial charge is 0.493 e. The summed E-state index contributed by atoms with van der Waals surface area (Å²) in [5, 5.41) is 0. The number of hydrogen-bond acceptors (Lipinski definition) is 4. The Morgan fingerprint density at radius 3 is 2.09 bits per heavy atom. The predicted octanol–water partition coefficient (Wildman–Crippen LogP) is 6.79. The van der Waals surface area contributed by atoms with Crippen LogP contribution in [0.4, 0.5) is 0 Å². The van der Waals surface area contributed by atoms with Gasteiger partial charge in [0.2, 0.25) is 0 Å². The molecular weight excluding hydrogens is 448 g/mol. The first-order chi connectivity index (χ1) is 16.5. The van der Waals surface area contributed by atoms with Gasteiger partial charge >= 0.3 is 0 Å². The van der Waals surface area contributed by atoms with Gasteiger partial charge in [0.25, 0.3) is 10.1 Å². The van der Waals surface area contributed by atoms with Crippen molar-refractivity contribution in [2.45, 2.75) is 38.7 Å². The number of unbranched alkanes of at least 4 members (excludes halogenated alkanes) is 4. The predicted molar refractivity (Wildman–Crippen MR) is 138 cm³/mol. The van der Waals surface area contributed by atoms with Gasteiger partial charge in [0.05, 0.1) is 17.9 Å². The molecule has 0 atom stereocenters. The molecule has 0 spiro atoms. The van der Waals surface area contributed by atoms with Gasteiger partial charge in [0.1, 0.15) is 18.1 Å². The molecule has 5 nitrogen and oxygen atoms in total. The molecule has 0 aliphatic carbocycles. The number of rotatable bonds is 14. The van der Waals surface area contributed by atoms with Crippen molar-refractivity contribution in [3.05, 3.63) is 90.5 Å². The first kappa shape index (κ1) is 25.5. The maximum absolute atomic E-state index is 10.8. The number of benzene rings is 3. The van der Waals surface area contributed by atoms with Crippen LogP contribution < -0.4 is 9.47 Å². The van der Waals surface area contributed by atoms with E-state index in [-0.39, 0.29) is 5.75 Å². The molecule has 6 heteroatoms. The van der Waals surface area contributed by atoms with E-state index in [1.165, 1.54) is 0 Å². The molecule has 3 aromatic rings. The van der Waals surface area contributed by atoms with Crippen LogP contribution in [0.5, 0.6) is 11.5 Å². The van der Waals surface area contributed by atoms with Gasteiger partial charge in [-0.25, -0.2) is 0 Å². The van der Waals surface area contributed by atoms with Gasteiger partial charge in [-0.05, 0) is 41.7 Å². The lowest BCUT2D eigenvalue weighted by molar-refractivity contribution is 0.292. The Labute approximate surface area is 202 Å².